The van der Waals surface area contributed by atoms with E-state index in [1.807, 2.05) is 43.3 Å². The first-order valence-corrected chi connectivity index (χ1v) is 12.5. The number of esters is 1. The minimum atomic E-state index is -0.471. The third kappa shape index (κ3) is 5.12. The highest BCUT2D eigenvalue weighted by molar-refractivity contribution is 7.99. The Morgan fingerprint density at radius 2 is 1.97 bits per heavy atom. The Labute approximate surface area is 204 Å². The summed E-state index contributed by atoms with van der Waals surface area (Å²) in [7, 11) is 0. The summed E-state index contributed by atoms with van der Waals surface area (Å²) in [6.07, 6.45) is 1.02. The van der Waals surface area contributed by atoms with Crippen LogP contribution in [0.4, 0.5) is 5.95 Å². The highest BCUT2D eigenvalue weighted by Gasteiger charge is 2.35. The second-order valence-corrected chi connectivity index (χ2v) is 9.15. The normalized spacial score (nSPS) is 15.0. The summed E-state index contributed by atoms with van der Waals surface area (Å²) in [6.45, 7) is 8.63. The quantitative estimate of drug-likeness (QED) is 0.320. The van der Waals surface area contributed by atoms with Crippen LogP contribution in [0.3, 0.4) is 0 Å². The highest BCUT2D eigenvalue weighted by Crippen LogP contribution is 2.37. The number of benzene rings is 2. The average Bonchev–Trinajstić information content (AvgIpc) is 3.24. The molecule has 0 saturated carbocycles. The van der Waals surface area contributed by atoms with Gasteiger partial charge in [0.2, 0.25) is 11.1 Å². The molecule has 0 saturated heterocycles. The first-order valence-electron chi connectivity index (χ1n) is 11.5. The lowest BCUT2D eigenvalue weighted by Crippen LogP contribution is -2.29. The molecule has 3 aromatic rings. The monoisotopic (exact) mass is 478 g/mol. The third-order valence-corrected chi connectivity index (χ3v) is 6.64. The Hall–Kier alpha value is -3.26. The Balaban J connectivity index is 1.69. The van der Waals surface area contributed by atoms with Crippen LogP contribution < -0.4 is 10.1 Å². The molecule has 4 rings (SSSR count). The van der Waals surface area contributed by atoms with Gasteiger partial charge < -0.3 is 14.8 Å². The van der Waals surface area contributed by atoms with E-state index in [1.54, 1.807) is 23.4 Å². The number of allylic oxidation sites excluding steroid dienone is 1. The van der Waals surface area contributed by atoms with E-state index in [4.69, 9.17) is 14.6 Å². The summed E-state index contributed by atoms with van der Waals surface area (Å²) in [5.41, 5.74) is 4.42. The molecule has 0 spiro atoms. The number of aryl methyl sites for hydroxylation is 1. The van der Waals surface area contributed by atoms with Crippen LogP contribution in [0, 0.1) is 6.92 Å². The number of anilines is 1. The molecule has 0 radical (unpaired) electrons. The first-order chi connectivity index (χ1) is 16.5. The van der Waals surface area contributed by atoms with Gasteiger partial charge in [-0.2, -0.15) is 4.98 Å². The van der Waals surface area contributed by atoms with Gasteiger partial charge in [0.25, 0.3) is 0 Å². The number of carbonyl (C=O) groups excluding carboxylic acids is 1. The van der Waals surface area contributed by atoms with Crippen LogP contribution in [-0.4, -0.2) is 33.1 Å². The van der Waals surface area contributed by atoms with Gasteiger partial charge in [-0.3, -0.25) is 0 Å². The van der Waals surface area contributed by atoms with Crippen LogP contribution in [0.5, 0.6) is 5.75 Å². The van der Waals surface area contributed by atoms with Crippen molar-refractivity contribution in [1.29, 1.82) is 0 Å². The number of ether oxygens (including phenoxy) is 2. The summed E-state index contributed by atoms with van der Waals surface area (Å²) >= 11 is 1.60. The van der Waals surface area contributed by atoms with E-state index >= 15 is 0 Å². The predicted molar refractivity (Wildman–Crippen MR) is 134 cm³/mol. The molecule has 1 unspecified atom stereocenters. The van der Waals surface area contributed by atoms with E-state index in [1.165, 1.54) is 5.56 Å². The van der Waals surface area contributed by atoms with Gasteiger partial charge in [0.15, 0.2) is 0 Å². The van der Waals surface area contributed by atoms with Gasteiger partial charge in [-0.25, -0.2) is 9.48 Å². The van der Waals surface area contributed by atoms with Gasteiger partial charge in [-0.15, -0.1) is 5.10 Å². The Kier molecular flexibility index (Phi) is 7.57. The topological polar surface area (TPSA) is 78.3 Å². The number of aromatic nitrogens is 3. The van der Waals surface area contributed by atoms with Crippen LogP contribution in [0.15, 0.2) is 65.0 Å². The van der Waals surface area contributed by atoms with E-state index in [9.17, 15) is 4.79 Å². The number of rotatable bonds is 9. The highest BCUT2D eigenvalue weighted by atomic mass is 32.2. The zero-order chi connectivity index (χ0) is 24.1. The molecule has 34 heavy (non-hydrogen) atoms. The Morgan fingerprint density at radius 1 is 1.15 bits per heavy atom. The van der Waals surface area contributed by atoms with Crippen molar-refractivity contribution in [3.05, 3.63) is 76.5 Å². The zero-order valence-corrected chi connectivity index (χ0v) is 20.8. The van der Waals surface area contributed by atoms with Gasteiger partial charge in [-0.1, -0.05) is 55.1 Å². The summed E-state index contributed by atoms with van der Waals surface area (Å²) < 4.78 is 13.3. The summed E-state index contributed by atoms with van der Waals surface area (Å²) in [5.74, 6) is 1.89. The molecule has 0 fully saturated rings. The van der Waals surface area contributed by atoms with Crippen molar-refractivity contribution in [1.82, 2.24) is 14.8 Å². The lowest BCUT2D eigenvalue weighted by molar-refractivity contribution is -0.139. The molecule has 1 aliphatic heterocycles. The molecular formula is C26H30N4O3S. The third-order valence-electron chi connectivity index (χ3n) is 5.59. The molecule has 8 heteroatoms. The molecular weight excluding hydrogens is 448 g/mol. The van der Waals surface area contributed by atoms with Crippen molar-refractivity contribution < 1.29 is 14.3 Å². The number of hydrogen-bond acceptors (Lipinski definition) is 7. The SMILES string of the molecule is CCCSc1nc2n(n1)C(c1cccc(OCc3ccccc3C)c1)C(C(=O)OCC)=C(C)N2. The molecule has 178 valence electrons. The van der Waals surface area contributed by atoms with E-state index in [0.29, 0.717) is 35.6 Å². The minimum absolute atomic E-state index is 0.295. The Bertz CT molecular complexity index is 1200. The summed E-state index contributed by atoms with van der Waals surface area (Å²) in [5, 5.41) is 8.65. The maximum Gasteiger partial charge on any atom is 0.338 e. The fourth-order valence-corrected chi connectivity index (χ4v) is 4.56. The van der Waals surface area contributed by atoms with E-state index in [0.717, 1.165) is 29.1 Å². The number of thioether (sulfide) groups is 1. The van der Waals surface area contributed by atoms with Crippen LogP contribution in [0.1, 0.15) is 49.9 Å². The Morgan fingerprint density at radius 3 is 2.74 bits per heavy atom. The fourth-order valence-electron chi connectivity index (χ4n) is 3.87. The standard InChI is InChI=1S/C26H30N4O3S/c1-5-14-34-26-28-25-27-18(4)22(24(31)32-6-2)23(30(25)29-26)19-12-9-13-21(15-19)33-16-20-11-8-7-10-17(20)3/h7-13,15,23H,5-6,14,16H2,1-4H3,(H,27,28,29). The summed E-state index contributed by atoms with van der Waals surface area (Å²) in [4.78, 5) is 17.6. The maximum atomic E-state index is 13.0. The molecule has 0 amide bonds. The molecule has 0 aliphatic carbocycles. The molecule has 1 N–H and O–H groups in total. The molecule has 1 atom stereocenters. The van der Waals surface area contributed by atoms with Crippen molar-refractivity contribution in [2.75, 3.05) is 17.7 Å². The fraction of sp³-hybridized carbons (Fsp3) is 0.346. The smallest absolute Gasteiger partial charge is 0.338 e. The van der Waals surface area contributed by atoms with Crippen LogP contribution in [0.2, 0.25) is 0 Å². The van der Waals surface area contributed by atoms with Gasteiger partial charge in [0, 0.05) is 11.4 Å². The molecule has 0 bridgehead atoms. The average molecular weight is 479 g/mol. The molecule has 1 aromatic heterocycles. The minimum Gasteiger partial charge on any atom is -0.489 e. The first kappa shape index (κ1) is 23.9. The maximum absolute atomic E-state index is 13.0. The number of hydrogen-bond donors (Lipinski definition) is 1. The van der Waals surface area contributed by atoms with Crippen LogP contribution >= 0.6 is 11.8 Å². The van der Waals surface area contributed by atoms with E-state index < -0.39 is 6.04 Å². The van der Waals surface area contributed by atoms with Crippen molar-refractivity contribution in [2.24, 2.45) is 0 Å². The number of nitrogens with one attached hydrogen (secondary N) is 1. The molecule has 2 aromatic carbocycles. The van der Waals surface area contributed by atoms with Gasteiger partial charge in [0.1, 0.15) is 18.4 Å². The largest absolute Gasteiger partial charge is 0.489 e. The molecule has 7 nitrogen and oxygen atoms in total. The zero-order valence-electron chi connectivity index (χ0n) is 20.0. The summed E-state index contributed by atoms with van der Waals surface area (Å²) in [6, 6.07) is 15.5. The number of carbonyl (C=O) groups is 1. The predicted octanol–water partition coefficient (Wildman–Crippen LogP) is 5.52. The number of fused-ring (bicyclic) bond motifs is 1. The second-order valence-electron chi connectivity index (χ2n) is 8.09. The van der Waals surface area contributed by atoms with Gasteiger partial charge in [-0.05, 0) is 56.0 Å². The van der Waals surface area contributed by atoms with E-state index in [-0.39, 0.29) is 5.97 Å². The van der Waals surface area contributed by atoms with Crippen molar-refractivity contribution in [2.45, 2.75) is 51.9 Å². The van der Waals surface area contributed by atoms with Crippen LogP contribution in [0.25, 0.3) is 0 Å². The number of nitrogens with zero attached hydrogens (tertiary/aromatic N) is 3. The van der Waals surface area contributed by atoms with Crippen molar-refractivity contribution in [3.63, 3.8) is 0 Å². The molecule has 2 heterocycles. The lowest BCUT2D eigenvalue weighted by atomic mass is 9.95. The molecule has 1 aliphatic rings. The lowest BCUT2D eigenvalue weighted by Gasteiger charge is -2.28. The van der Waals surface area contributed by atoms with Gasteiger partial charge in [0.05, 0.1) is 12.2 Å². The van der Waals surface area contributed by atoms with Crippen molar-refractivity contribution in [3.8, 4) is 5.75 Å². The van der Waals surface area contributed by atoms with Crippen molar-refractivity contribution >= 4 is 23.7 Å². The van der Waals surface area contributed by atoms with E-state index in [2.05, 4.69) is 36.3 Å². The van der Waals surface area contributed by atoms with Crippen LogP contribution in [-0.2, 0) is 16.1 Å². The van der Waals surface area contributed by atoms with Gasteiger partial charge >= 0.3 is 5.97 Å². The second kappa shape index (κ2) is 10.8.